The molecule has 1 aliphatic heterocycles. The Bertz CT molecular complexity index is 500. The van der Waals surface area contributed by atoms with Crippen LogP contribution in [0.25, 0.3) is 5.57 Å². The summed E-state index contributed by atoms with van der Waals surface area (Å²) in [4.78, 5) is 2.49. The smallest absolute Gasteiger partial charge is 0.161 e. The van der Waals surface area contributed by atoms with Gasteiger partial charge < -0.3 is 15.2 Å². The van der Waals surface area contributed by atoms with Crippen LogP contribution < -0.4 is 15.2 Å². The highest BCUT2D eigenvalue weighted by Gasteiger charge is 2.14. The van der Waals surface area contributed by atoms with E-state index in [4.69, 9.17) is 15.2 Å². The predicted molar refractivity (Wildman–Crippen MR) is 91.5 cm³/mol. The molecule has 2 rings (SSSR count). The van der Waals surface area contributed by atoms with Crippen molar-refractivity contribution in [3.8, 4) is 11.5 Å². The summed E-state index contributed by atoms with van der Waals surface area (Å²) in [7, 11) is 1.69. The third-order valence-electron chi connectivity index (χ3n) is 4.06. The quantitative estimate of drug-likeness (QED) is 0.750. The molecule has 0 saturated heterocycles. The van der Waals surface area contributed by atoms with E-state index in [2.05, 4.69) is 23.1 Å². The van der Waals surface area contributed by atoms with Gasteiger partial charge in [0.15, 0.2) is 11.5 Å². The van der Waals surface area contributed by atoms with Crippen LogP contribution >= 0.6 is 0 Å². The molecule has 0 aliphatic carbocycles. The van der Waals surface area contributed by atoms with Gasteiger partial charge in [-0.1, -0.05) is 12.1 Å². The SMILES string of the molecule is CCOc1ccc(C2=CCN(CCCCN)CC2)cc1OC. The van der Waals surface area contributed by atoms with Gasteiger partial charge >= 0.3 is 0 Å². The Hall–Kier alpha value is -1.52. The van der Waals surface area contributed by atoms with Crippen molar-refractivity contribution in [3.05, 3.63) is 29.8 Å². The number of hydrogen-bond donors (Lipinski definition) is 1. The summed E-state index contributed by atoms with van der Waals surface area (Å²) in [5.41, 5.74) is 8.19. The first-order valence-electron chi connectivity index (χ1n) is 8.21. The van der Waals surface area contributed by atoms with Crippen LogP contribution in [0.1, 0.15) is 31.7 Å². The minimum atomic E-state index is 0.649. The molecule has 1 heterocycles. The summed E-state index contributed by atoms with van der Waals surface area (Å²) in [5.74, 6) is 1.62. The molecule has 0 atom stereocenters. The summed E-state index contributed by atoms with van der Waals surface area (Å²) in [5, 5.41) is 0. The van der Waals surface area contributed by atoms with Crippen LogP contribution in [-0.4, -0.2) is 44.8 Å². The first-order valence-corrected chi connectivity index (χ1v) is 8.21. The molecule has 0 fully saturated rings. The van der Waals surface area contributed by atoms with E-state index in [9.17, 15) is 0 Å². The first kappa shape index (κ1) is 16.8. The highest BCUT2D eigenvalue weighted by molar-refractivity contribution is 5.69. The number of ether oxygens (including phenoxy) is 2. The summed E-state index contributed by atoms with van der Waals surface area (Å²) >= 11 is 0. The topological polar surface area (TPSA) is 47.7 Å². The van der Waals surface area contributed by atoms with Crippen LogP contribution in [0.5, 0.6) is 11.5 Å². The second-order valence-corrected chi connectivity index (χ2v) is 5.57. The van der Waals surface area contributed by atoms with Crippen molar-refractivity contribution in [1.29, 1.82) is 0 Å². The molecule has 0 radical (unpaired) electrons. The Morgan fingerprint density at radius 3 is 2.73 bits per heavy atom. The molecule has 0 unspecified atom stereocenters. The molecule has 0 amide bonds. The standard InChI is InChI=1S/C18H28N2O2/c1-3-22-17-7-6-16(14-18(17)21-2)15-8-12-20(13-9-15)11-5-4-10-19/h6-8,14H,3-5,9-13,19H2,1-2H3. The van der Waals surface area contributed by atoms with Gasteiger partial charge in [0.2, 0.25) is 0 Å². The van der Waals surface area contributed by atoms with E-state index in [0.29, 0.717) is 6.61 Å². The number of unbranched alkanes of at least 4 members (excludes halogenated alkanes) is 1. The zero-order valence-electron chi connectivity index (χ0n) is 13.8. The van der Waals surface area contributed by atoms with E-state index in [1.54, 1.807) is 7.11 Å². The fourth-order valence-electron chi connectivity index (χ4n) is 2.80. The van der Waals surface area contributed by atoms with Gasteiger partial charge in [-0.25, -0.2) is 0 Å². The molecule has 122 valence electrons. The summed E-state index contributed by atoms with van der Waals surface area (Å²) in [6.45, 7) is 6.71. The lowest BCUT2D eigenvalue weighted by Crippen LogP contribution is -2.29. The second kappa shape index (κ2) is 8.81. The lowest BCUT2D eigenvalue weighted by atomic mass is 9.99. The Balaban J connectivity index is 2.00. The Labute approximate surface area is 133 Å². The van der Waals surface area contributed by atoms with E-state index in [-0.39, 0.29) is 0 Å². The first-order chi connectivity index (χ1) is 10.8. The van der Waals surface area contributed by atoms with E-state index >= 15 is 0 Å². The largest absolute Gasteiger partial charge is 0.493 e. The molecular weight excluding hydrogens is 276 g/mol. The average molecular weight is 304 g/mol. The molecule has 0 bridgehead atoms. The van der Waals surface area contributed by atoms with Gasteiger partial charge in [0, 0.05) is 13.1 Å². The van der Waals surface area contributed by atoms with E-state index in [1.165, 1.54) is 17.6 Å². The molecule has 22 heavy (non-hydrogen) atoms. The van der Waals surface area contributed by atoms with E-state index in [1.807, 2.05) is 13.0 Å². The third-order valence-corrected chi connectivity index (χ3v) is 4.06. The lowest BCUT2D eigenvalue weighted by Gasteiger charge is -2.26. The normalized spacial score (nSPS) is 15.5. The second-order valence-electron chi connectivity index (χ2n) is 5.57. The molecule has 1 aliphatic rings. The Kier molecular flexibility index (Phi) is 6.74. The number of rotatable bonds is 8. The minimum absolute atomic E-state index is 0.649. The fourth-order valence-corrected chi connectivity index (χ4v) is 2.80. The summed E-state index contributed by atoms with van der Waals surface area (Å²) < 4.78 is 11.0. The molecule has 1 aromatic carbocycles. The van der Waals surface area contributed by atoms with Crippen molar-refractivity contribution >= 4 is 5.57 Å². The van der Waals surface area contributed by atoms with Crippen LogP contribution in [0.2, 0.25) is 0 Å². The van der Waals surface area contributed by atoms with Crippen molar-refractivity contribution in [2.75, 3.05) is 39.9 Å². The number of benzene rings is 1. The number of hydrogen-bond acceptors (Lipinski definition) is 4. The van der Waals surface area contributed by atoms with Gasteiger partial charge in [-0.2, -0.15) is 0 Å². The highest BCUT2D eigenvalue weighted by Crippen LogP contribution is 2.32. The van der Waals surface area contributed by atoms with Crippen molar-refractivity contribution in [2.24, 2.45) is 5.73 Å². The van der Waals surface area contributed by atoms with Gasteiger partial charge in [-0.15, -0.1) is 0 Å². The van der Waals surface area contributed by atoms with Gasteiger partial charge in [0.05, 0.1) is 13.7 Å². The maximum atomic E-state index is 5.58. The number of nitrogens with two attached hydrogens (primary N) is 1. The lowest BCUT2D eigenvalue weighted by molar-refractivity contribution is 0.295. The zero-order chi connectivity index (χ0) is 15.8. The molecule has 0 spiro atoms. The monoisotopic (exact) mass is 304 g/mol. The molecule has 0 aromatic heterocycles. The maximum Gasteiger partial charge on any atom is 0.161 e. The Morgan fingerprint density at radius 1 is 1.23 bits per heavy atom. The molecule has 4 nitrogen and oxygen atoms in total. The zero-order valence-corrected chi connectivity index (χ0v) is 13.8. The maximum absolute atomic E-state index is 5.58. The molecule has 0 saturated carbocycles. The van der Waals surface area contributed by atoms with Crippen LogP contribution in [0.4, 0.5) is 0 Å². The number of nitrogens with zero attached hydrogens (tertiary/aromatic N) is 1. The Morgan fingerprint density at radius 2 is 2.09 bits per heavy atom. The van der Waals surface area contributed by atoms with Crippen molar-refractivity contribution in [3.63, 3.8) is 0 Å². The van der Waals surface area contributed by atoms with E-state index in [0.717, 1.165) is 50.5 Å². The molecule has 1 aromatic rings. The van der Waals surface area contributed by atoms with Gasteiger partial charge in [-0.05, 0) is 62.5 Å². The molecule has 4 heteroatoms. The van der Waals surface area contributed by atoms with Crippen molar-refractivity contribution in [2.45, 2.75) is 26.2 Å². The van der Waals surface area contributed by atoms with Gasteiger partial charge in [0.25, 0.3) is 0 Å². The fraction of sp³-hybridized carbons (Fsp3) is 0.556. The molecular formula is C18H28N2O2. The summed E-state index contributed by atoms with van der Waals surface area (Å²) in [6, 6.07) is 6.22. The van der Waals surface area contributed by atoms with Crippen LogP contribution in [0, 0.1) is 0 Å². The predicted octanol–water partition coefficient (Wildman–Crippen LogP) is 2.92. The van der Waals surface area contributed by atoms with Crippen LogP contribution in [0.15, 0.2) is 24.3 Å². The minimum Gasteiger partial charge on any atom is -0.493 e. The number of methoxy groups -OCH3 is 1. The van der Waals surface area contributed by atoms with Crippen molar-refractivity contribution < 1.29 is 9.47 Å². The average Bonchev–Trinajstić information content (AvgIpc) is 2.56. The van der Waals surface area contributed by atoms with Crippen molar-refractivity contribution in [1.82, 2.24) is 4.90 Å². The third kappa shape index (κ3) is 4.49. The highest BCUT2D eigenvalue weighted by atomic mass is 16.5. The van der Waals surface area contributed by atoms with Crippen LogP contribution in [-0.2, 0) is 0 Å². The molecule has 2 N–H and O–H groups in total. The van der Waals surface area contributed by atoms with Crippen LogP contribution in [0.3, 0.4) is 0 Å². The van der Waals surface area contributed by atoms with Gasteiger partial charge in [0.1, 0.15) is 0 Å². The van der Waals surface area contributed by atoms with E-state index < -0.39 is 0 Å². The van der Waals surface area contributed by atoms with Gasteiger partial charge in [-0.3, -0.25) is 4.90 Å². The summed E-state index contributed by atoms with van der Waals surface area (Å²) in [6.07, 6.45) is 5.72.